The molecule has 25 heavy (non-hydrogen) atoms. The van der Waals surface area contributed by atoms with Gasteiger partial charge in [-0.05, 0) is 26.8 Å². The molecule has 134 valence electrons. The lowest BCUT2D eigenvalue weighted by molar-refractivity contribution is 0.00852. The SMILES string of the molecule is CN(c1cnc(C(N)=O)c2[nH]ccc12)C1CN(C(=O)OC(C)(C)C)C1. The summed E-state index contributed by atoms with van der Waals surface area (Å²) in [6, 6.07) is 2.05. The first-order valence-corrected chi connectivity index (χ1v) is 8.14. The maximum atomic E-state index is 12.1. The summed E-state index contributed by atoms with van der Waals surface area (Å²) in [4.78, 5) is 34.5. The summed E-state index contributed by atoms with van der Waals surface area (Å²) in [5.41, 5.74) is 6.60. The van der Waals surface area contributed by atoms with Crippen LogP contribution < -0.4 is 10.6 Å². The summed E-state index contributed by atoms with van der Waals surface area (Å²) in [7, 11) is 1.95. The molecule has 1 fully saturated rings. The van der Waals surface area contributed by atoms with E-state index in [-0.39, 0.29) is 17.8 Å². The van der Waals surface area contributed by atoms with Gasteiger partial charge in [0.05, 0.1) is 23.4 Å². The lowest BCUT2D eigenvalue weighted by Crippen LogP contribution is -2.61. The Hall–Kier alpha value is -2.77. The molecule has 3 rings (SSSR count). The predicted octanol–water partition coefficient (Wildman–Crippen LogP) is 1.72. The number of nitrogens with two attached hydrogens (primary N) is 1. The van der Waals surface area contributed by atoms with E-state index in [0.717, 1.165) is 11.1 Å². The van der Waals surface area contributed by atoms with Crippen LogP contribution in [0.2, 0.25) is 0 Å². The maximum absolute atomic E-state index is 12.1. The standard InChI is InChI=1S/C17H23N5O3/c1-17(2,3)25-16(24)22-8-10(9-22)21(4)12-7-20-14(15(18)23)13-11(12)5-6-19-13/h5-7,10,19H,8-9H2,1-4H3,(H2,18,23). The van der Waals surface area contributed by atoms with E-state index in [1.165, 1.54) is 0 Å². The second kappa shape index (κ2) is 5.94. The average molecular weight is 345 g/mol. The van der Waals surface area contributed by atoms with Gasteiger partial charge in [-0.25, -0.2) is 9.78 Å². The van der Waals surface area contributed by atoms with Crippen LogP contribution in [0.15, 0.2) is 18.5 Å². The third-order valence-electron chi connectivity index (χ3n) is 4.25. The van der Waals surface area contributed by atoms with Crippen LogP contribution in [0.4, 0.5) is 10.5 Å². The number of aromatic nitrogens is 2. The Kier molecular flexibility index (Phi) is 4.06. The van der Waals surface area contributed by atoms with Gasteiger partial charge < -0.3 is 25.3 Å². The van der Waals surface area contributed by atoms with Crippen LogP contribution in [0.5, 0.6) is 0 Å². The molecule has 2 amide bonds. The van der Waals surface area contributed by atoms with E-state index in [1.54, 1.807) is 17.3 Å². The monoisotopic (exact) mass is 345 g/mol. The molecule has 0 radical (unpaired) electrons. The van der Waals surface area contributed by atoms with E-state index in [4.69, 9.17) is 10.5 Å². The number of ether oxygens (including phenoxy) is 1. The highest BCUT2D eigenvalue weighted by molar-refractivity contribution is 6.06. The van der Waals surface area contributed by atoms with Crippen LogP contribution in [0, 0.1) is 0 Å². The molecule has 0 aromatic carbocycles. The zero-order chi connectivity index (χ0) is 18.4. The number of aromatic amines is 1. The van der Waals surface area contributed by atoms with Gasteiger partial charge in [0, 0.05) is 31.7 Å². The van der Waals surface area contributed by atoms with E-state index >= 15 is 0 Å². The molecule has 3 N–H and O–H groups in total. The van der Waals surface area contributed by atoms with Gasteiger partial charge in [-0.2, -0.15) is 0 Å². The van der Waals surface area contributed by atoms with Crippen LogP contribution in [-0.4, -0.2) is 58.6 Å². The van der Waals surface area contributed by atoms with Gasteiger partial charge in [0.1, 0.15) is 5.60 Å². The lowest BCUT2D eigenvalue weighted by Gasteiger charge is -2.44. The van der Waals surface area contributed by atoms with Crippen molar-refractivity contribution in [1.82, 2.24) is 14.9 Å². The Morgan fingerprint density at radius 3 is 2.68 bits per heavy atom. The zero-order valence-electron chi connectivity index (χ0n) is 14.9. The first kappa shape index (κ1) is 17.1. The van der Waals surface area contributed by atoms with E-state index in [9.17, 15) is 9.59 Å². The highest BCUT2D eigenvalue weighted by Gasteiger charge is 2.36. The molecule has 1 aliphatic heterocycles. The number of carbonyl (C=O) groups excluding carboxylic acids is 2. The van der Waals surface area contributed by atoms with Gasteiger partial charge in [0.2, 0.25) is 0 Å². The number of anilines is 1. The van der Waals surface area contributed by atoms with Crippen LogP contribution in [0.25, 0.3) is 10.9 Å². The summed E-state index contributed by atoms with van der Waals surface area (Å²) in [5, 5.41) is 0.877. The molecule has 2 aromatic rings. The van der Waals surface area contributed by atoms with Crippen molar-refractivity contribution in [3.05, 3.63) is 24.2 Å². The highest BCUT2D eigenvalue weighted by atomic mass is 16.6. The number of primary amides is 1. The number of carbonyl (C=O) groups is 2. The number of amides is 2. The van der Waals surface area contributed by atoms with Crippen molar-refractivity contribution in [3.8, 4) is 0 Å². The smallest absolute Gasteiger partial charge is 0.410 e. The number of fused-ring (bicyclic) bond motifs is 1. The van der Waals surface area contributed by atoms with Crippen molar-refractivity contribution in [2.75, 3.05) is 25.0 Å². The Morgan fingerprint density at radius 2 is 2.08 bits per heavy atom. The molecule has 3 heterocycles. The quantitative estimate of drug-likeness (QED) is 0.881. The van der Waals surface area contributed by atoms with Gasteiger partial charge >= 0.3 is 6.09 Å². The number of nitrogens with one attached hydrogen (secondary N) is 1. The Labute approximate surface area is 145 Å². The van der Waals surface area contributed by atoms with E-state index in [2.05, 4.69) is 14.9 Å². The molecule has 1 aliphatic rings. The second-order valence-corrected chi connectivity index (χ2v) is 7.27. The summed E-state index contributed by atoms with van der Waals surface area (Å²) in [6.07, 6.45) is 3.10. The van der Waals surface area contributed by atoms with Crippen LogP contribution in [0.3, 0.4) is 0 Å². The van der Waals surface area contributed by atoms with E-state index in [0.29, 0.717) is 18.6 Å². The minimum absolute atomic E-state index is 0.159. The largest absolute Gasteiger partial charge is 0.444 e. The zero-order valence-corrected chi connectivity index (χ0v) is 14.9. The molecule has 0 aliphatic carbocycles. The number of hydrogen-bond acceptors (Lipinski definition) is 5. The summed E-state index contributed by atoms with van der Waals surface area (Å²) in [6.45, 7) is 6.71. The first-order valence-electron chi connectivity index (χ1n) is 8.14. The summed E-state index contributed by atoms with van der Waals surface area (Å²) < 4.78 is 5.38. The van der Waals surface area contributed by atoms with Gasteiger partial charge in [-0.1, -0.05) is 0 Å². The first-order chi connectivity index (χ1) is 11.7. The van der Waals surface area contributed by atoms with Gasteiger partial charge in [0.25, 0.3) is 5.91 Å². The molecular formula is C17H23N5O3. The van der Waals surface area contributed by atoms with E-state index in [1.807, 2.05) is 33.9 Å². The van der Waals surface area contributed by atoms with Crippen molar-refractivity contribution in [1.29, 1.82) is 0 Å². The van der Waals surface area contributed by atoms with Gasteiger partial charge in [0.15, 0.2) is 5.69 Å². The fraction of sp³-hybridized carbons (Fsp3) is 0.471. The Bertz CT molecular complexity index is 817. The minimum Gasteiger partial charge on any atom is -0.444 e. The fourth-order valence-corrected chi connectivity index (χ4v) is 2.88. The third-order valence-corrected chi connectivity index (χ3v) is 4.25. The van der Waals surface area contributed by atoms with Gasteiger partial charge in [-0.15, -0.1) is 0 Å². The molecule has 0 saturated carbocycles. The maximum Gasteiger partial charge on any atom is 0.410 e. The van der Waals surface area contributed by atoms with E-state index < -0.39 is 11.5 Å². The lowest BCUT2D eigenvalue weighted by atomic mass is 10.1. The number of H-pyrrole nitrogens is 1. The van der Waals surface area contributed by atoms with Crippen molar-refractivity contribution in [3.63, 3.8) is 0 Å². The molecule has 1 saturated heterocycles. The summed E-state index contributed by atoms with van der Waals surface area (Å²) in [5.74, 6) is -0.568. The number of nitrogens with zero attached hydrogens (tertiary/aromatic N) is 3. The number of likely N-dealkylation sites (N-methyl/N-ethyl adjacent to an activating group) is 1. The fourth-order valence-electron chi connectivity index (χ4n) is 2.88. The van der Waals surface area contributed by atoms with Crippen LogP contribution >= 0.6 is 0 Å². The number of hydrogen-bond donors (Lipinski definition) is 2. The van der Waals surface area contributed by atoms with Crippen molar-refractivity contribution >= 4 is 28.6 Å². The number of pyridine rings is 1. The molecule has 8 heteroatoms. The average Bonchev–Trinajstić information content (AvgIpc) is 2.91. The molecule has 0 unspecified atom stereocenters. The van der Waals surface area contributed by atoms with Crippen LogP contribution in [0.1, 0.15) is 31.3 Å². The second-order valence-electron chi connectivity index (χ2n) is 7.27. The molecule has 0 bridgehead atoms. The molecular weight excluding hydrogens is 322 g/mol. The van der Waals surface area contributed by atoms with Crippen molar-refractivity contribution in [2.24, 2.45) is 5.73 Å². The van der Waals surface area contributed by atoms with Crippen molar-refractivity contribution in [2.45, 2.75) is 32.4 Å². The molecule has 0 atom stereocenters. The summed E-state index contributed by atoms with van der Waals surface area (Å²) >= 11 is 0. The molecule has 0 spiro atoms. The number of rotatable bonds is 3. The predicted molar refractivity (Wildman–Crippen MR) is 94.6 cm³/mol. The van der Waals surface area contributed by atoms with Gasteiger partial charge in [-0.3, -0.25) is 4.79 Å². The molecule has 2 aromatic heterocycles. The molecule has 8 nitrogen and oxygen atoms in total. The van der Waals surface area contributed by atoms with Crippen molar-refractivity contribution < 1.29 is 14.3 Å². The highest BCUT2D eigenvalue weighted by Crippen LogP contribution is 2.30. The Balaban J connectivity index is 1.74. The topological polar surface area (TPSA) is 105 Å². The normalized spacial score (nSPS) is 15.1. The number of likely N-dealkylation sites (tertiary alicyclic amines) is 1. The third kappa shape index (κ3) is 3.24. The van der Waals surface area contributed by atoms with Crippen LogP contribution in [-0.2, 0) is 4.74 Å². The Morgan fingerprint density at radius 1 is 1.40 bits per heavy atom. The minimum atomic E-state index is -0.568.